The van der Waals surface area contributed by atoms with Crippen molar-refractivity contribution in [2.24, 2.45) is 0 Å². The maximum Gasteiger partial charge on any atom is 0.177 e. The number of aromatic nitrogens is 5. The van der Waals surface area contributed by atoms with Crippen molar-refractivity contribution in [1.29, 1.82) is 0 Å². The maximum absolute atomic E-state index is 15.4. The van der Waals surface area contributed by atoms with Gasteiger partial charge in [0.1, 0.15) is 12.0 Å². The highest BCUT2D eigenvalue weighted by atomic mass is 19.1. The van der Waals surface area contributed by atoms with Crippen molar-refractivity contribution in [1.82, 2.24) is 24.6 Å². The number of fused-ring (bicyclic) bond motifs is 1. The molecule has 1 atom stereocenters. The molecule has 30 heavy (non-hydrogen) atoms. The summed E-state index contributed by atoms with van der Waals surface area (Å²) >= 11 is 0. The van der Waals surface area contributed by atoms with Crippen molar-refractivity contribution in [3.05, 3.63) is 41.2 Å². The fourth-order valence-electron chi connectivity index (χ4n) is 3.88. The van der Waals surface area contributed by atoms with E-state index < -0.39 is 6.17 Å². The number of nitrogens with zero attached hydrogens (tertiary/aromatic N) is 7. The molecular weight excluding hydrogens is 385 g/mol. The quantitative estimate of drug-likeness (QED) is 0.639. The molecular formula is C21H26FN7O. The van der Waals surface area contributed by atoms with Gasteiger partial charge in [-0.25, -0.2) is 18.9 Å². The van der Waals surface area contributed by atoms with Crippen LogP contribution in [0.1, 0.15) is 35.5 Å². The van der Waals surface area contributed by atoms with E-state index in [-0.39, 0.29) is 6.42 Å². The Labute approximate surface area is 174 Å². The molecule has 2 aliphatic rings. The van der Waals surface area contributed by atoms with Gasteiger partial charge in [-0.3, -0.25) is 4.98 Å². The second kappa shape index (κ2) is 7.79. The molecule has 0 saturated carbocycles. The number of pyridine rings is 1. The van der Waals surface area contributed by atoms with E-state index in [1.54, 1.807) is 10.7 Å². The molecule has 0 bridgehead atoms. The van der Waals surface area contributed by atoms with E-state index in [0.29, 0.717) is 30.4 Å². The molecule has 0 aliphatic carbocycles. The Hall–Kier alpha value is -2.81. The highest BCUT2D eigenvalue weighted by Gasteiger charge is 2.24. The van der Waals surface area contributed by atoms with Crippen LogP contribution in [0.2, 0.25) is 0 Å². The van der Waals surface area contributed by atoms with Gasteiger partial charge in [0.05, 0.1) is 30.3 Å². The lowest BCUT2D eigenvalue weighted by atomic mass is 10.1. The first-order chi connectivity index (χ1) is 14.6. The summed E-state index contributed by atoms with van der Waals surface area (Å²) in [6, 6.07) is 3.94. The molecule has 0 amide bonds. The van der Waals surface area contributed by atoms with Crippen molar-refractivity contribution < 1.29 is 9.13 Å². The summed E-state index contributed by atoms with van der Waals surface area (Å²) in [5, 5.41) is 4.50. The molecule has 5 heterocycles. The monoisotopic (exact) mass is 411 g/mol. The summed E-state index contributed by atoms with van der Waals surface area (Å²) in [7, 11) is 0. The van der Waals surface area contributed by atoms with E-state index in [2.05, 4.69) is 35.9 Å². The van der Waals surface area contributed by atoms with Gasteiger partial charge in [-0.05, 0) is 26.3 Å². The summed E-state index contributed by atoms with van der Waals surface area (Å²) in [4.78, 5) is 17.9. The Bertz CT molecular complexity index is 1020. The van der Waals surface area contributed by atoms with Crippen molar-refractivity contribution >= 4 is 17.2 Å². The number of alkyl halides is 1. The predicted octanol–water partition coefficient (Wildman–Crippen LogP) is 2.44. The Kier molecular flexibility index (Phi) is 4.98. The third-order valence-corrected chi connectivity index (χ3v) is 5.81. The summed E-state index contributed by atoms with van der Waals surface area (Å²) in [6.45, 7) is 8.72. The molecule has 0 radical (unpaired) electrons. The smallest absolute Gasteiger partial charge is 0.177 e. The van der Waals surface area contributed by atoms with Gasteiger partial charge >= 0.3 is 0 Å². The van der Waals surface area contributed by atoms with Gasteiger partial charge in [-0.15, -0.1) is 0 Å². The standard InChI is InChI=1S/C21H26FN7O/c1-14-13-23-15(2)21-25-19(26-29(14)21)12-17(22)18-10-16(27-6-8-30-9-7-27)11-20(24-18)28-4-3-5-28/h10-11,13,17H,3-9,12H2,1-2H3. The summed E-state index contributed by atoms with van der Waals surface area (Å²) in [6.07, 6.45) is 1.70. The van der Waals surface area contributed by atoms with Crippen LogP contribution in [0.5, 0.6) is 0 Å². The van der Waals surface area contributed by atoms with Crippen LogP contribution in [0.15, 0.2) is 18.3 Å². The molecule has 0 N–H and O–H groups in total. The predicted molar refractivity (Wildman–Crippen MR) is 112 cm³/mol. The Morgan fingerprint density at radius 3 is 2.57 bits per heavy atom. The topological polar surface area (TPSA) is 71.7 Å². The highest BCUT2D eigenvalue weighted by Crippen LogP contribution is 2.30. The van der Waals surface area contributed by atoms with Gasteiger partial charge in [-0.2, -0.15) is 5.10 Å². The summed E-state index contributed by atoms with van der Waals surface area (Å²) < 4.78 is 22.6. The molecule has 3 aromatic heterocycles. The second-order valence-corrected chi connectivity index (χ2v) is 7.97. The fraction of sp³-hybridized carbons (Fsp3) is 0.524. The minimum atomic E-state index is -1.28. The van der Waals surface area contributed by atoms with Crippen molar-refractivity contribution in [3.63, 3.8) is 0 Å². The molecule has 1 unspecified atom stereocenters. The Balaban J connectivity index is 1.44. The van der Waals surface area contributed by atoms with Gasteiger partial charge in [0.25, 0.3) is 0 Å². The van der Waals surface area contributed by atoms with Crippen molar-refractivity contribution in [2.45, 2.75) is 32.9 Å². The van der Waals surface area contributed by atoms with Crippen LogP contribution < -0.4 is 9.80 Å². The molecule has 0 aromatic carbocycles. The van der Waals surface area contributed by atoms with Crippen LogP contribution in [0.4, 0.5) is 15.9 Å². The fourth-order valence-corrected chi connectivity index (χ4v) is 3.88. The number of morpholine rings is 1. The zero-order valence-electron chi connectivity index (χ0n) is 17.4. The van der Waals surface area contributed by atoms with Crippen LogP contribution in [0, 0.1) is 13.8 Å². The van der Waals surface area contributed by atoms with Crippen molar-refractivity contribution in [2.75, 3.05) is 49.2 Å². The number of aryl methyl sites for hydroxylation is 2. The highest BCUT2D eigenvalue weighted by molar-refractivity contribution is 5.58. The number of ether oxygens (including phenoxy) is 1. The zero-order chi connectivity index (χ0) is 20.7. The second-order valence-electron chi connectivity index (χ2n) is 7.97. The SMILES string of the molecule is Cc1ncc(C)n2nc(CC(F)c3cc(N4CCOCC4)cc(N4CCC4)n3)nc12. The normalized spacial score (nSPS) is 18.0. The molecule has 158 valence electrons. The lowest BCUT2D eigenvalue weighted by molar-refractivity contribution is 0.122. The zero-order valence-corrected chi connectivity index (χ0v) is 17.4. The third kappa shape index (κ3) is 3.58. The summed E-state index contributed by atoms with van der Waals surface area (Å²) in [5.41, 5.74) is 3.77. The summed E-state index contributed by atoms with van der Waals surface area (Å²) in [5.74, 6) is 1.31. The van der Waals surface area contributed by atoms with E-state index in [9.17, 15) is 0 Å². The van der Waals surface area contributed by atoms with Crippen LogP contribution in [-0.4, -0.2) is 64.0 Å². The van der Waals surface area contributed by atoms with E-state index in [1.807, 2.05) is 19.9 Å². The molecule has 9 heteroatoms. The van der Waals surface area contributed by atoms with Gasteiger partial charge in [0.15, 0.2) is 11.5 Å². The number of hydrogen-bond donors (Lipinski definition) is 0. The minimum Gasteiger partial charge on any atom is -0.378 e. The van der Waals surface area contributed by atoms with Crippen LogP contribution >= 0.6 is 0 Å². The van der Waals surface area contributed by atoms with Crippen LogP contribution in [0.25, 0.3) is 5.65 Å². The number of hydrogen-bond acceptors (Lipinski definition) is 7. The molecule has 5 rings (SSSR count). The van der Waals surface area contributed by atoms with Gasteiger partial charge in [-0.1, -0.05) is 0 Å². The molecule has 2 aliphatic heterocycles. The van der Waals surface area contributed by atoms with Crippen molar-refractivity contribution in [3.8, 4) is 0 Å². The Morgan fingerprint density at radius 2 is 1.87 bits per heavy atom. The van der Waals surface area contributed by atoms with Crippen LogP contribution in [0.3, 0.4) is 0 Å². The van der Waals surface area contributed by atoms with E-state index >= 15 is 4.39 Å². The van der Waals surface area contributed by atoms with E-state index in [0.717, 1.165) is 55.5 Å². The lowest BCUT2D eigenvalue weighted by Gasteiger charge is -2.34. The van der Waals surface area contributed by atoms with Gasteiger partial charge in [0, 0.05) is 50.6 Å². The van der Waals surface area contributed by atoms with Crippen LogP contribution in [-0.2, 0) is 11.2 Å². The number of halogens is 1. The Morgan fingerprint density at radius 1 is 1.07 bits per heavy atom. The average molecular weight is 411 g/mol. The minimum absolute atomic E-state index is 0.0829. The first-order valence-electron chi connectivity index (χ1n) is 10.5. The van der Waals surface area contributed by atoms with Gasteiger partial charge in [0.2, 0.25) is 0 Å². The molecule has 2 saturated heterocycles. The lowest BCUT2D eigenvalue weighted by Crippen LogP contribution is -2.39. The van der Waals surface area contributed by atoms with E-state index in [1.165, 1.54) is 0 Å². The number of anilines is 2. The number of rotatable bonds is 5. The molecule has 0 spiro atoms. The maximum atomic E-state index is 15.4. The first-order valence-corrected chi connectivity index (χ1v) is 10.5. The first kappa shape index (κ1) is 19.2. The molecule has 3 aromatic rings. The molecule has 8 nitrogen and oxygen atoms in total. The largest absolute Gasteiger partial charge is 0.378 e. The van der Waals surface area contributed by atoms with E-state index in [4.69, 9.17) is 4.74 Å². The average Bonchev–Trinajstić information content (AvgIpc) is 3.15. The molecule has 2 fully saturated rings. The van der Waals surface area contributed by atoms with Gasteiger partial charge < -0.3 is 14.5 Å². The third-order valence-electron chi connectivity index (χ3n) is 5.81.